The number of anilines is 2. The Kier molecular flexibility index (Phi) is 4.76. The lowest BCUT2D eigenvalue weighted by Gasteiger charge is -2.28. The SMILES string of the molecule is CC(C)N(CCCO)c1ncnc(Cl)c1N. The van der Waals surface area contributed by atoms with Gasteiger partial charge in [-0.1, -0.05) is 11.6 Å². The van der Waals surface area contributed by atoms with Gasteiger partial charge in [-0.05, 0) is 20.3 Å². The van der Waals surface area contributed by atoms with E-state index in [1.54, 1.807) is 0 Å². The molecule has 0 saturated heterocycles. The van der Waals surface area contributed by atoms with Crippen LogP contribution in [-0.2, 0) is 0 Å². The first-order chi connectivity index (χ1) is 7.57. The number of aliphatic hydroxyl groups is 1. The largest absolute Gasteiger partial charge is 0.396 e. The van der Waals surface area contributed by atoms with Gasteiger partial charge < -0.3 is 15.7 Å². The highest BCUT2D eigenvalue weighted by molar-refractivity contribution is 6.32. The van der Waals surface area contributed by atoms with Gasteiger partial charge in [-0.3, -0.25) is 0 Å². The Morgan fingerprint density at radius 3 is 2.75 bits per heavy atom. The van der Waals surface area contributed by atoms with Crippen molar-refractivity contribution < 1.29 is 5.11 Å². The Morgan fingerprint density at radius 1 is 1.50 bits per heavy atom. The number of hydrogen-bond acceptors (Lipinski definition) is 5. The van der Waals surface area contributed by atoms with Crippen molar-refractivity contribution in [3.63, 3.8) is 0 Å². The van der Waals surface area contributed by atoms with E-state index >= 15 is 0 Å². The van der Waals surface area contributed by atoms with Gasteiger partial charge in [0.15, 0.2) is 11.0 Å². The Morgan fingerprint density at radius 2 is 2.19 bits per heavy atom. The lowest BCUT2D eigenvalue weighted by Crippen LogP contribution is -2.33. The number of nitrogens with zero attached hydrogens (tertiary/aromatic N) is 3. The Labute approximate surface area is 100 Å². The molecule has 0 aliphatic rings. The maximum atomic E-state index is 8.85. The van der Waals surface area contributed by atoms with Crippen molar-refractivity contribution in [1.82, 2.24) is 9.97 Å². The van der Waals surface area contributed by atoms with Crippen molar-refractivity contribution in [2.24, 2.45) is 0 Å². The molecule has 0 atom stereocenters. The molecule has 0 aromatic carbocycles. The molecule has 16 heavy (non-hydrogen) atoms. The molecule has 1 rings (SSSR count). The summed E-state index contributed by atoms with van der Waals surface area (Å²) in [7, 11) is 0. The van der Waals surface area contributed by atoms with E-state index in [0.29, 0.717) is 24.5 Å². The van der Waals surface area contributed by atoms with E-state index in [2.05, 4.69) is 9.97 Å². The summed E-state index contributed by atoms with van der Waals surface area (Å²) in [4.78, 5) is 9.95. The monoisotopic (exact) mass is 244 g/mol. The quantitative estimate of drug-likeness (QED) is 0.764. The molecule has 0 bridgehead atoms. The second kappa shape index (κ2) is 5.86. The molecule has 6 heteroatoms. The average molecular weight is 245 g/mol. The summed E-state index contributed by atoms with van der Waals surface area (Å²) in [5.41, 5.74) is 6.22. The summed E-state index contributed by atoms with van der Waals surface area (Å²) in [6.45, 7) is 4.90. The van der Waals surface area contributed by atoms with Gasteiger partial charge in [-0.2, -0.15) is 0 Å². The van der Waals surface area contributed by atoms with Crippen LogP contribution in [-0.4, -0.2) is 34.3 Å². The summed E-state index contributed by atoms with van der Waals surface area (Å²) >= 11 is 5.84. The van der Waals surface area contributed by atoms with Crippen molar-refractivity contribution in [2.45, 2.75) is 26.3 Å². The van der Waals surface area contributed by atoms with Crippen molar-refractivity contribution >= 4 is 23.1 Å². The fourth-order valence-electron chi connectivity index (χ4n) is 1.44. The molecule has 1 aromatic heterocycles. The fourth-order valence-corrected chi connectivity index (χ4v) is 1.57. The smallest absolute Gasteiger partial charge is 0.157 e. The summed E-state index contributed by atoms with van der Waals surface area (Å²) in [5.74, 6) is 0.628. The predicted octanol–water partition coefficient (Wildman–Crippen LogP) is 1.31. The lowest BCUT2D eigenvalue weighted by atomic mass is 10.2. The number of rotatable bonds is 5. The normalized spacial score (nSPS) is 10.8. The van der Waals surface area contributed by atoms with Crippen LogP contribution in [0.3, 0.4) is 0 Å². The van der Waals surface area contributed by atoms with Gasteiger partial charge in [0.25, 0.3) is 0 Å². The topological polar surface area (TPSA) is 75.3 Å². The van der Waals surface area contributed by atoms with Gasteiger partial charge in [-0.25, -0.2) is 9.97 Å². The maximum Gasteiger partial charge on any atom is 0.157 e. The molecule has 0 aliphatic carbocycles. The zero-order valence-corrected chi connectivity index (χ0v) is 10.3. The molecule has 0 saturated carbocycles. The second-order valence-corrected chi connectivity index (χ2v) is 4.12. The molecule has 5 nitrogen and oxygen atoms in total. The fraction of sp³-hybridized carbons (Fsp3) is 0.600. The number of nitrogen functional groups attached to an aromatic ring is 1. The third-order valence-corrected chi connectivity index (χ3v) is 2.57. The van der Waals surface area contributed by atoms with Gasteiger partial charge >= 0.3 is 0 Å². The molecule has 0 spiro atoms. The Bertz CT molecular complexity index is 346. The zero-order chi connectivity index (χ0) is 12.1. The van der Waals surface area contributed by atoms with Gasteiger partial charge in [0.05, 0.1) is 0 Å². The molecule has 0 fully saturated rings. The van der Waals surface area contributed by atoms with Crippen LogP contribution in [0.2, 0.25) is 5.15 Å². The van der Waals surface area contributed by atoms with Gasteiger partial charge in [0.1, 0.15) is 12.0 Å². The lowest BCUT2D eigenvalue weighted by molar-refractivity contribution is 0.288. The first-order valence-electron chi connectivity index (χ1n) is 5.21. The average Bonchev–Trinajstić information content (AvgIpc) is 2.24. The van der Waals surface area contributed by atoms with Crippen LogP contribution in [0.15, 0.2) is 6.33 Å². The first-order valence-corrected chi connectivity index (χ1v) is 5.59. The number of halogens is 1. The van der Waals surface area contributed by atoms with Crippen molar-refractivity contribution in [2.75, 3.05) is 23.8 Å². The molecule has 1 heterocycles. The molecule has 0 aliphatic heterocycles. The van der Waals surface area contributed by atoms with E-state index in [4.69, 9.17) is 22.4 Å². The van der Waals surface area contributed by atoms with Crippen LogP contribution in [0.25, 0.3) is 0 Å². The van der Waals surface area contributed by atoms with Crippen molar-refractivity contribution in [1.29, 1.82) is 0 Å². The van der Waals surface area contributed by atoms with Crippen LogP contribution in [0.1, 0.15) is 20.3 Å². The van der Waals surface area contributed by atoms with E-state index in [9.17, 15) is 0 Å². The van der Waals surface area contributed by atoms with Crippen LogP contribution in [0, 0.1) is 0 Å². The van der Waals surface area contributed by atoms with Crippen LogP contribution < -0.4 is 10.6 Å². The van der Waals surface area contributed by atoms with E-state index in [-0.39, 0.29) is 17.8 Å². The van der Waals surface area contributed by atoms with Gasteiger partial charge in [0.2, 0.25) is 0 Å². The summed E-state index contributed by atoms with van der Waals surface area (Å²) < 4.78 is 0. The van der Waals surface area contributed by atoms with E-state index in [1.807, 2.05) is 18.7 Å². The summed E-state index contributed by atoms with van der Waals surface area (Å²) in [5, 5.41) is 9.11. The third kappa shape index (κ3) is 2.96. The van der Waals surface area contributed by atoms with Crippen LogP contribution in [0.4, 0.5) is 11.5 Å². The summed E-state index contributed by atoms with van der Waals surface area (Å²) in [6, 6.07) is 0.236. The molecular formula is C10H17ClN4O. The molecular weight excluding hydrogens is 228 g/mol. The minimum Gasteiger partial charge on any atom is -0.396 e. The number of aromatic nitrogens is 2. The number of aliphatic hydroxyl groups excluding tert-OH is 1. The molecule has 3 N–H and O–H groups in total. The Balaban J connectivity index is 2.96. The zero-order valence-electron chi connectivity index (χ0n) is 9.52. The first kappa shape index (κ1) is 13.0. The van der Waals surface area contributed by atoms with Gasteiger partial charge in [-0.15, -0.1) is 0 Å². The Hall–Kier alpha value is -1.07. The van der Waals surface area contributed by atoms with Crippen LogP contribution >= 0.6 is 11.6 Å². The van der Waals surface area contributed by atoms with E-state index in [0.717, 1.165) is 0 Å². The second-order valence-electron chi connectivity index (χ2n) is 3.77. The standard InChI is InChI=1S/C10H17ClN4O/c1-7(2)15(4-3-5-16)10-8(12)9(11)13-6-14-10/h6-7,16H,3-5,12H2,1-2H3. The van der Waals surface area contributed by atoms with Crippen LogP contribution in [0.5, 0.6) is 0 Å². The maximum absolute atomic E-state index is 8.85. The highest BCUT2D eigenvalue weighted by atomic mass is 35.5. The molecule has 90 valence electrons. The number of nitrogens with two attached hydrogens (primary N) is 1. The van der Waals surface area contributed by atoms with Crippen molar-refractivity contribution in [3.05, 3.63) is 11.5 Å². The number of hydrogen-bond donors (Lipinski definition) is 2. The molecule has 0 radical (unpaired) electrons. The van der Waals surface area contributed by atoms with E-state index in [1.165, 1.54) is 6.33 Å². The molecule has 1 aromatic rings. The highest BCUT2D eigenvalue weighted by Gasteiger charge is 2.16. The minimum absolute atomic E-state index is 0.141. The predicted molar refractivity (Wildman–Crippen MR) is 65.6 cm³/mol. The van der Waals surface area contributed by atoms with Gasteiger partial charge in [0, 0.05) is 19.2 Å². The minimum atomic E-state index is 0.141. The summed E-state index contributed by atoms with van der Waals surface area (Å²) in [6.07, 6.45) is 2.06. The van der Waals surface area contributed by atoms with Crippen molar-refractivity contribution in [3.8, 4) is 0 Å². The third-order valence-electron chi connectivity index (χ3n) is 2.27. The highest BCUT2D eigenvalue weighted by Crippen LogP contribution is 2.27. The molecule has 0 unspecified atom stereocenters. The van der Waals surface area contributed by atoms with E-state index < -0.39 is 0 Å². The molecule has 0 amide bonds.